The molecule has 1 saturated heterocycles. The quantitative estimate of drug-likeness (QED) is 0.938. The Morgan fingerprint density at radius 1 is 1.00 bits per heavy atom. The SMILES string of the molecule is Cc1ccc(Cn2cc(O)c(=O)cc2CN2CCCCCC2)cc1. The van der Waals surface area contributed by atoms with Crippen LogP contribution in [0.25, 0.3) is 0 Å². The summed E-state index contributed by atoms with van der Waals surface area (Å²) in [6, 6.07) is 9.97. The molecule has 3 rings (SSSR count). The molecule has 2 heterocycles. The van der Waals surface area contributed by atoms with Gasteiger partial charge in [0.05, 0.1) is 6.20 Å². The molecule has 0 amide bonds. The number of nitrogens with zero attached hydrogens (tertiary/aromatic N) is 2. The number of hydrogen-bond acceptors (Lipinski definition) is 3. The molecule has 1 aliphatic rings. The zero-order valence-corrected chi connectivity index (χ0v) is 14.4. The fraction of sp³-hybridized carbons (Fsp3) is 0.450. The monoisotopic (exact) mass is 326 g/mol. The van der Waals surface area contributed by atoms with Crippen molar-refractivity contribution < 1.29 is 5.11 Å². The van der Waals surface area contributed by atoms with Crippen LogP contribution in [0.4, 0.5) is 0 Å². The number of hydrogen-bond donors (Lipinski definition) is 1. The number of aromatic nitrogens is 1. The van der Waals surface area contributed by atoms with Crippen molar-refractivity contribution in [3.8, 4) is 5.75 Å². The molecule has 0 spiro atoms. The predicted octanol–water partition coefficient (Wildman–Crippen LogP) is 3.29. The van der Waals surface area contributed by atoms with Gasteiger partial charge in [0.15, 0.2) is 5.75 Å². The van der Waals surface area contributed by atoms with Crippen molar-refractivity contribution >= 4 is 0 Å². The third-order valence-corrected chi connectivity index (χ3v) is 4.76. The van der Waals surface area contributed by atoms with Crippen LogP contribution in [-0.2, 0) is 13.1 Å². The lowest BCUT2D eigenvalue weighted by molar-refractivity contribution is 0.269. The van der Waals surface area contributed by atoms with E-state index in [2.05, 4.69) is 36.1 Å². The summed E-state index contributed by atoms with van der Waals surface area (Å²) in [6.45, 7) is 5.66. The molecule has 1 N–H and O–H groups in total. The minimum atomic E-state index is -0.292. The summed E-state index contributed by atoms with van der Waals surface area (Å²) in [5.41, 5.74) is 3.08. The second-order valence-electron chi connectivity index (χ2n) is 6.82. The molecular weight excluding hydrogens is 300 g/mol. The van der Waals surface area contributed by atoms with Gasteiger partial charge in [0.1, 0.15) is 0 Å². The molecule has 0 unspecified atom stereocenters. The summed E-state index contributed by atoms with van der Waals surface area (Å²) in [4.78, 5) is 14.3. The second-order valence-corrected chi connectivity index (χ2v) is 6.82. The van der Waals surface area contributed by atoms with Gasteiger partial charge in [0.2, 0.25) is 5.43 Å². The minimum absolute atomic E-state index is 0.179. The molecule has 0 radical (unpaired) electrons. The molecule has 1 aromatic carbocycles. The van der Waals surface area contributed by atoms with E-state index in [1.807, 2.05) is 4.57 Å². The summed E-state index contributed by atoms with van der Waals surface area (Å²) in [7, 11) is 0. The fourth-order valence-corrected chi connectivity index (χ4v) is 3.30. The molecule has 1 aliphatic heterocycles. The van der Waals surface area contributed by atoms with Gasteiger partial charge in [-0.25, -0.2) is 0 Å². The number of aromatic hydroxyl groups is 1. The van der Waals surface area contributed by atoms with Crippen molar-refractivity contribution in [2.75, 3.05) is 13.1 Å². The first kappa shape index (κ1) is 16.8. The lowest BCUT2D eigenvalue weighted by atomic mass is 10.1. The van der Waals surface area contributed by atoms with Gasteiger partial charge in [-0.1, -0.05) is 42.7 Å². The number of likely N-dealkylation sites (tertiary alicyclic amines) is 1. The lowest BCUT2D eigenvalue weighted by Gasteiger charge is -2.22. The third-order valence-electron chi connectivity index (χ3n) is 4.76. The number of pyridine rings is 1. The lowest BCUT2D eigenvalue weighted by Crippen LogP contribution is -2.27. The second kappa shape index (κ2) is 7.67. The predicted molar refractivity (Wildman–Crippen MR) is 96.4 cm³/mol. The largest absolute Gasteiger partial charge is 0.503 e. The van der Waals surface area contributed by atoms with Crippen LogP contribution in [0.15, 0.2) is 41.3 Å². The molecule has 4 nitrogen and oxygen atoms in total. The van der Waals surface area contributed by atoms with Gasteiger partial charge in [0, 0.05) is 24.8 Å². The van der Waals surface area contributed by atoms with Crippen LogP contribution in [0.1, 0.15) is 42.5 Å². The molecule has 128 valence electrons. The van der Waals surface area contributed by atoms with Crippen LogP contribution in [0, 0.1) is 6.92 Å². The van der Waals surface area contributed by atoms with Crippen LogP contribution >= 0.6 is 0 Å². The van der Waals surface area contributed by atoms with Gasteiger partial charge in [-0.3, -0.25) is 9.69 Å². The highest BCUT2D eigenvalue weighted by molar-refractivity contribution is 5.25. The summed E-state index contributed by atoms with van der Waals surface area (Å²) >= 11 is 0. The van der Waals surface area contributed by atoms with Gasteiger partial charge in [-0.05, 0) is 38.4 Å². The first-order valence-corrected chi connectivity index (χ1v) is 8.82. The summed E-state index contributed by atoms with van der Waals surface area (Å²) < 4.78 is 2.01. The van der Waals surface area contributed by atoms with Crippen molar-refractivity contribution in [3.63, 3.8) is 0 Å². The Morgan fingerprint density at radius 3 is 2.33 bits per heavy atom. The third kappa shape index (κ3) is 4.26. The van der Waals surface area contributed by atoms with Gasteiger partial charge in [0.25, 0.3) is 0 Å². The van der Waals surface area contributed by atoms with Gasteiger partial charge >= 0.3 is 0 Å². The Balaban J connectivity index is 1.85. The number of benzene rings is 1. The Kier molecular flexibility index (Phi) is 5.36. The van der Waals surface area contributed by atoms with E-state index in [0.717, 1.165) is 25.3 Å². The van der Waals surface area contributed by atoms with Crippen LogP contribution in [0.5, 0.6) is 5.75 Å². The van der Waals surface area contributed by atoms with Crippen LogP contribution in [0.3, 0.4) is 0 Å². The van der Waals surface area contributed by atoms with Crippen molar-refractivity contribution in [1.29, 1.82) is 0 Å². The van der Waals surface area contributed by atoms with Gasteiger partial charge in [-0.2, -0.15) is 0 Å². The van der Waals surface area contributed by atoms with E-state index in [1.165, 1.54) is 36.8 Å². The molecule has 4 heteroatoms. The highest BCUT2D eigenvalue weighted by Crippen LogP contribution is 2.15. The van der Waals surface area contributed by atoms with E-state index in [9.17, 15) is 9.90 Å². The van der Waals surface area contributed by atoms with E-state index >= 15 is 0 Å². The smallest absolute Gasteiger partial charge is 0.223 e. The highest BCUT2D eigenvalue weighted by Gasteiger charge is 2.13. The molecule has 2 aromatic rings. The van der Waals surface area contributed by atoms with Crippen LogP contribution in [0.2, 0.25) is 0 Å². The summed E-state index contributed by atoms with van der Waals surface area (Å²) in [5.74, 6) is -0.179. The molecule has 0 atom stereocenters. The fourth-order valence-electron chi connectivity index (χ4n) is 3.30. The van der Waals surface area contributed by atoms with E-state index in [4.69, 9.17) is 0 Å². The Morgan fingerprint density at radius 2 is 1.67 bits per heavy atom. The maximum Gasteiger partial charge on any atom is 0.223 e. The van der Waals surface area contributed by atoms with E-state index < -0.39 is 0 Å². The number of rotatable bonds is 4. The zero-order chi connectivity index (χ0) is 16.9. The molecule has 0 bridgehead atoms. The van der Waals surface area contributed by atoms with Crippen molar-refractivity contribution in [3.05, 3.63) is 63.6 Å². The van der Waals surface area contributed by atoms with Crippen LogP contribution < -0.4 is 5.43 Å². The van der Waals surface area contributed by atoms with Gasteiger partial charge < -0.3 is 9.67 Å². The van der Waals surface area contributed by atoms with E-state index in [1.54, 1.807) is 12.3 Å². The Bertz CT molecular complexity index is 726. The van der Waals surface area contributed by atoms with Gasteiger partial charge in [-0.15, -0.1) is 0 Å². The average molecular weight is 326 g/mol. The summed E-state index contributed by atoms with van der Waals surface area (Å²) in [6.07, 6.45) is 6.61. The molecule has 1 aromatic heterocycles. The zero-order valence-electron chi connectivity index (χ0n) is 14.4. The van der Waals surface area contributed by atoms with Crippen molar-refractivity contribution in [2.24, 2.45) is 0 Å². The minimum Gasteiger partial charge on any atom is -0.503 e. The molecular formula is C20H26N2O2. The normalized spacial score (nSPS) is 16.0. The van der Waals surface area contributed by atoms with Crippen molar-refractivity contribution in [1.82, 2.24) is 9.47 Å². The molecule has 24 heavy (non-hydrogen) atoms. The molecule has 0 aliphatic carbocycles. The number of aryl methyl sites for hydroxylation is 1. The molecule has 0 saturated carbocycles. The highest BCUT2D eigenvalue weighted by atomic mass is 16.3. The first-order chi connectivity index (χ1) is 11.6. The topological polar surface area (TPSA) is 45.5 Å². The maximum absolute atomic E-state index is 11.9. The summed E-state index contributed by atoms with van der Waals surface area (Å²) in [5, 5.41) is 9.85. The Hall–Kier alpha value is -2.07. The van der Waals surface area contributed by atoms with E-state index in [-0.39, 0.29) is 11.2 Å². The average Bonchev–Trinajstić information content (AvgIpc) is 2.83. The Labute approximate surface area is 143 Å². The van der Waals surface area contributed by atoms with E-state index in [0.29, 0.717) is 6.54 Å². The van der Waals surface area contributed by atoms with Crippen LogP contribution in [-0.4, -0.2) is 27.7 Å². The standard InChI is InChI=1S/C20H26N2O2/c1-16-6-8-17(9-7-16)13-22-15-20(24)19(23)12-18(22)14-21-10-4-2-3-5-11-21/h6-9,12,15,24H,2-5,10-11,13-14H2,1H3. The maximum atomic E-state index is 11.9. The van der Waals surface area contributed by atoms with Crippen molar-refractivity contribution in [2.45, 2.75) is 45.7 Å². The first-order valence-electron chi connectivity index (χ1n) is 8.82. The molecule has 1 fully saturated rings.